The number of nitrogens with zero attached hydrogens (tertiary/aromatic N) is 3. The smallest absolute Gasteiger partial charge is 0.172 e. The Bertz CT molecular complexity index is 1210. The van der Waals surface area contributed by atoms with Crippen LogP contribution in [-0.2, 0) is 0 Å². The molecule has 4 nitrogen and oxygen atoms in total. The number of ketones is 1. The van der Waals surface area contributed by atoms with E-state index in [0.717, 1.165) is 52.5 Å². The fourth-order valence-electron chi connectivity index (χ4n) is 4.24. The van der Waals surface area contributed by atoms with E-state index in [9.17, 15) is 4.79 Å². The van der Waals surface area contributed by atoms with Crippen LogP contribution in [0.5, 0.6) is 0 Å². The third kappa shape index (κ3) is 4.94. The van der Waals surface area contributed by atoms with Gasteiger partial charge in [0.2, 0.25) is 0 Å². The zero-order valence-corrected chi connectivity index (χ0v) is 19.6. The standard InChI is InChI=1S/C21H25NO.C6H4N2S/c1-3-5-6-7-11-17-15(4-2)14-20-18(21(17)23)13-16-10-8-9-12-19(16)22-20;1-2-4-6-5(3-1)7-9-8-6/h8-10,12-14,17H,3-7,11H2,1-2H3;1-4H. The predicted octanol–water partition coefficient (Wildman–Crippen LogP) is 7.50. The number of para-hydroxylation sites is 1. The van der Waals surface area contributed by atoms with Crippen LogP contribution in [0.1, 0.15) is 68.4 Å². The molecule has 5 heteroatoms. The molecule has 0 radical (unpaired) electrons. The van der Waals surface area contributed by atoms with Crippen LogP contribution in [0.25, 0.3) is 28.0 Å². The van der Waals surface area contributed by atoms with Crippen LogP contribution in [-0.4, -0.2) is 19.5 Å². The number of unbranched alkanes of at least 4 members (excludes halogenated alkanes) is 3. The van der Waals surface area contributed by atoms with Gasteiger partial charge in [-0.25, -0.2) is 4.98 Å². The van der Waals surface area contributed by atoms with Crippen molar-refractivity contribution in [2.24, 2.45) is 5.92 Å². The number of rotatable bonds is 6. The van der Waals surface area contributed by atoms with Crippen molar-refractivity contribution in [3.63, 3.8) is 0 Å². The highest BCUT2D eigenvalue weighted by Crippen LogP contribution is 2.34. The molecule has 1 atom stereocenters. The maximum absolute atomic E-state index is 13.0. The lowest BCUT2D eigenvalue weighted by molar-refractivity contribution is 0.0928. The molecular weight excluding hydrogens is 414 g/mol. The van der Waals surface area contributed by atoms with Gasteiger partial charge in [0.05, 0.1) is 22.9 Å². The summed E-state index contributed by atoms with van der Waals surface area (Å²) in [6, 6.07) is 17.9. The van der Waals surface area contributed by atoms with E-state index >= 15 is 0 Å². The van der Waals surface area contributed by atoms with Crippen LogP contribution in [0.2, 0.25) is 0 Å². The normalized spacial score (nSPS) is 15.2. The van der Waals surface area contributed by atoms with Crippen molar-refractivity contribution in [3.05, 3.63) is 71.4 Å². The average Bonchev–Trinajstić information content (AvgIpc) is 3.31. The van der Waals surface area contributed by atoms with Gasteiger partial charge in [-0.15, -0.1) is 0 Å². The van der Waals surface area contributed by atoms with Crippen molar-refractivity contribution < 1.29 is 4.79 Å². The zero-order chi connectivity index (χ0) is 22.3. The van der Waals surface area contributed by atoms with Crippen molar-refractivity contribution >= 4 is 45.5 Å². The number of pyridine rings is 1. The van der Waals surface area contributed by atoms with Crippen molar-refractivity contribution in [3.8, 4) is 0 Å². The number of hydrogen-bond acceptors (Lipinski definition) is 5. The highest BCUT2D eigenvalue weighted by atomic mass is 32.1. The summed E-state index contributed by atoms with van der Waals surface area (Å²) >= 11 is 1.25. The van der Waals surface area contributed by atoms with E-state index < -0.39 is 0 Å². The topological polar surface area (TPSA) is 55.7 Å². The number of Topliss-reactive ketones (excluding diaryl/α,β-unsaturated/α-hetero) is 1. The first-order valence-electron chi connectivity index (χ1n) is 11.5. The molecule has 0 bridgehead atoms. The van der Waals surface area contributed by atoms with E-state index in [-0.39, 0.29) is 11.7 Å². The summed E-state index contributed by atoms with van der Waals surface area (Å²) in [6.45, 7) is 4.36. The number of allylic oxidation sites excluding steroid dienone is 1. The maximum Gasteiger partial charge on any atom is 0.172 e. The van der Waals surface area contributed by atoms with E-state index in [2.05, 4.69) is 28.7 Å². The molecule has 1 aliphatic carbocycles. The molecule has 0 saturated heterocycles. The Kier molecular flexibility index (Phi) is 7.38. The molecule has 0 aliphatic heterocycles. The van der Waals surface area contributed by atoms with E-state index in [0.29, 0.717) is 0 Å². The average molecular weight is 444 g/mol. The first-order valence-corrected chi connectivity index (χ1v) is 12.3. The maximum atomic E-state index is 13.0. The molecule has 164 valence electrons. The molecule has 1 aliphatic rings. The second kappa shape index (κ2) is 10.6. The summed E-state index contributed by atoms with van der Waals surface area (Å²) in [7, 11) is 0. The molecule has 1 unspecified atom stereocenters. The molecule has 2 aromatic heterocycles. The Morgan fingerprint density at radius 2 is 1.56 bits per heavy atom. The van der Waals surface area contributed by atoms with E-state index in [1.165, 1.54) is 36.6 Å². The lowest BCUT2D eigenvalue weighted by atomic mass is 9.80. The Hall–Kier alpha value is -2.92. The van der Waals surface area contributed by atoms with E-state index in [1.807, 2.05) is 54.6 Å². The van der Waals surface area contributed by atoms with Crippen molar-refractivity contribution in [1.82, 2.24) is 13.7 Å². The molecular formula is C27H29N3OS. The molecule has 0 saturated carbocycles. The minimum atomic E-state index is 0.0623. The summed E-state index contributed by atoms with van der Waals surface area (Å²) in [5.74, 6) is 0.335. The van der Waals surface area contributed by atoms with Crippen LogP contribution in [0.4, 0.5) is 0 Å². The first kappa shape index (κ1) is 22.3. The van der Waals surface area contributed by atoms with Gasteiger partial charge in [-0.3, -0.25) is 4.79 Å². The van der Waals surface area contributed by atoms with Gasteiger partial charge in [0, 0.05) is 16.9 Å². The van der Waals surface area contributed by atoms with Crippen LogP contribution in [0, 0.1) is 5.92 Å². The molecule has 5 rings (SSSR count). The van der Waals surface area contributed by atoms with Crippen LogP contribution >= 0.6 is 11.7 Å². The van der Waals surface area contributed by atoms with Crippen LogP contribution < -0.4 is 0 Å². The molecule has 0 N–H and O–H groups in total. The van der Waals surface area contributed by atoms with Gasteiger partial charge in [0.15, 0.2) is 5.78 Å². The monoisotopic (exact) mass is 443 g/mol. The van der Waals surface area contributed by atoms with Crippen molar-refractivity contribution in [2.45, 2.75) is 52.4 Å². The Labute approximate surface area is 193 Å². The highest BCUT2D eigenvalue weighted by Gasteiger charge is 2.29. The lowest BCUT2D eigenvalue weighted by Gasteiger charge is -2.24. The molecule has 2 heterocycles. The van der Waals surface area contributed by atoms with Crippen LogP contribution in [0.3, 0.4) is 0 Å². The summed E-state index contributed by atoms with van der Waals surface area (Å²) in [4.78, 5) is 17.7. The molecule has 0 spiro atoms. The number of aromatic nitrogens is 3. The van der Waals surface area contributed by atoms with Gasteiger partial charge in [0.25, 0.3) is 0 Å². The zero-order valence-electron chi connectivity index (χ0n) is 18.8. The number of hydrogen-bond donors (Lipinski definition) is 0. The fraction of sp³-hybridized carbons (Fsp3) is 0.333. The third-order valence-electron chi connectivity index (χ3n) is 6.02. The molecule has 4 aromatic rings. The first-order chi connectivity index (χ1) is 15.7. The van der Waals surface area contributed by atoms with Crippen molar-refractivity contribution in [1.29, 1.82) is 0 Å². The SMILES string of the molecule is CCCCCCC1C(=O)c2cc3ccccc3nc2C=C1CC.c1ccc2nsnc2c1. The fourth-order valence-corrected chi connectivity index (χ4v) is 4.76. The van der Waals surface area contributed by atoms with Gasteiger partial charge in [-0.05, 0) is 43.2 Å². The van der Waals surface area contributed by atoms with Gasteiger partial charge in [-0.1, -0.05) is 75.4 Å². The van der Waals surface area contributed by atoms with E-state index in [1.54, 1.807) is 0 Å². The molecule has 0 fully saturated rings. The quantitative estimate of drug-likeness (QED) is 0.289. The third-order valence-corrected chi connectivity index (χ3v) is 6.58. The van der Waals surface area contributed by atoms with Gasteiger partial charge < -0.3 is 0 Å². The Balaban J connectivity index is 0.000000225. The minimum Gasteiger partial charge on any atom is -0.293 e. The number of fused-ring (bicyclic) bond motifs is 3. The van der Waals surface area contributed by atoms with E-state index in [4.69, 9.17) is 4.98 Å². The summed E-state index contributed by atoms with van der Waals surface area (Å²) in [5.41, 5.74) is 5.86. The second-order valence-corrected chi connectivity index (χ2v) is 8.73. The molecule has 32 heavy (non-hydrogen) atoms. The number of benzene rings is 2. The lowest BCUT2D eigenvalue weighted by Crippen LogP contribution is -2.22. The highest BCUT2D eigenvalue weighted by molar-refractivity contribution is 7.00. The Morgan fingerprint density at radius 3 is 2.25 bits per heavy atom. The Morgan fingerprint density at radius 1 is 0.875 bits per heavy atom. The number of carbonyl (C=O) groups excluding carboxylic acids is 1. The minimum absolute atomic E-state index is 0.0623. The van der Waals surface area contributed by atoms with Gasteiger partial charge >= 0.3 is 0 Å². The summed E-state index contributed by atoms with van der Waals surface area (Å²) in [5, 5.41) is 1.05. The largest absolute Gasteiger partial charge is 0.293 e. The van der Waals surface area contributed by atoms with Gasteiger partial charge in [-0.2, -0.15) is 8.75 Å². The van der Waals surface area contributed by atoms with Gasteiger partial charge in [0.1, 0.15) is 11.0 Å². The molecule has 0 amide bonds. The summed E-state index contributed by atoms with van der Waals surface area (Å²) in [6.07, 6.45) is 8.91. The van der Waals surface area contributed by atoms with Crippen molar-refractivity contribution in [2.75, 3.05) is 0 Å². The predicted molar refractivity (Wildman–Crippen MR) is 134 cm³/mol. The van der Waals surface area contributed by atoms with Crippen LogP contribution in [0.15, 0.2) is 60.2 Å². The number of carbonyl (C=O) groups is 1. The molecule has 2 aromatic carbocycles. The second-order valence-electron chi connectivity index (χ2n) is 8.21. The summed E-state index contributed by atoms with van der Waals surface area (Å²) < 4.78 is 8.10.